The van der Waals surface area contributed by atoms with Crippen LogP contribution in [0.4, 0.5) is 0 Å². The van der Waals surface area contributed by atoms with E-state index in [1.807, 2.05) is 19.4 Å². The van der Waals surface area contributed by atoms with Crippen molar-refractivity contribution in [1.29, 1.82) is 0 Å². The minimum Gasteiger partial charge on any atom is -0.328 e. The van der Waals surface area contributed by atoms with Gasteiger partial charge in [0.05, 0.1) is 11.2 Å². The second-order valence-electron chi connectivity index (χ2n) is 2.54. The second-order valence-corrected chi connectivity index (χ2v) is 3.48. The van der Waals surface area contributed by atoms with Crippen LogP contribution in [0.2, 0.25) is 0 Å². The molecule has 0 bridgehead atoms. The molecule has 0 radical (unpaired) electrons. The van der Waals surface area contributed by atoms with Gasteiger partial charge in [-0.15, -0.1) is 11.3 Å². The number of hydrogen-bond acceptors (Lipinski definition) is 3. The molecule has 0 aliphatic heterocycles. The van der Waals surface area contributed by atoms with E-state index < -0.39 is 0 Å². The highest BCUT2D eigenvalue weighted by Crippen LogP contribution is 2.13. The molecular formula is C7H12N2S. The van der Waals surface area contributed by atoms with E-state index in [-0.39, 0.29) is 6.04 Å². The van der Waals surface area contributed by atoms with Crippen LogP contribution in [0.15, 0.2) is 5.51 Å². The van der Waals surface area contributed by atoms with Gasteiger partial charge in [0, 0.05) is 10.9 Å². The lowest BCUT2D eigenvalue weighted by Crippen LogP contribution is -2.17. The van der Waals surface area contributed by atoms with Crippen molar-refractivity contribution in [3.63, 3.8) is 0 Å². The molecule has 1 aromatic rings. The summed E-state index contributed by atoms with van der Waals surface area (Å²) in [5.74, 6) is 0. The molecule has 2 nitrogen and oxygen atoms in total. The van der Waals surface area contributed by atoms with E-state index in [1.165, 1.54) is 4.88 Å². The average molecular weight is 156 g/mol. The van der Waals surface area contributed by atoms with E-state index in [0.717, 1.165) is 12.1 Å². The first-order valence-corrected chi connectivity index (χ1v) is 4.22. The number of hydrogen-bond donors (Lipinski definition) is 1. The smallest absolute Gasteiger partial charge is 0.0797 e. The van der Waals surface area contributed by atoms with Crippen molar-refractivity contribution < 1.29 is 0 Å². The number of rotatable bonds is 2. The van der Waals surface area contributed by atoms with Crippen molar-refractivity contribution in [1.82, 2.24) is 4.98 Å². The van der Waals surface area contributed by atoms with E-state index in [2.05, 4.69) is 4.98 Å². The average Bonchev–Trinajstić information content (AvgIpc) is 2.15. The zero-order chi connectivity index (χ0) is 7.56. The highest BCUT2D eigenvalue weighted by atomic mass is 32.1. The zero-order valence-electron chi connectivity index (χ0n) is 6.29. The summed E-state index contributed by atoms with van der Waals surface area (Å²) >= 11 is 1.69. The summed E-state index contributed by atoms with van der Waals surface area (Å²) in [6.07, 6.45) is 0.955. The molecule has 0 aliphatic carbocycles. The van der Waals surface area contributed by atoms with Crippen LogP contribution in [-0.2, 0) is 6.42 Å². The third-order valence-corrected chi connectivity index (χ3v) is 2.31. The number of thiazole rings is 1. The molecule has 0 fully saturated rings. The van der Waals surface area contributed by atoms with Crippen molar-refractivity contribution in [3.8, 4) is 0 Å². The van der Waals surface area contributed by atoms with E-state index in [4.69, 9.17) is 5.73 Å². The van der Waals surface area contributed by atoms with Gasteiger partial charge < -0.3 is 5.73 Å². The molecular weight excluding hydrogens is 144 g/mol. The number of nitrogens with two attached hydrogens (primary N) is 1. The molecule has 1 rings (SSSR count). The molecule has 3 heteroatoms. The highest BCUT2D eigenvalue weighted by molar-refractivity contribution is 7.09. The first-order chi connectivity index (χ1) is 4.70. The third kappa shape index (κ3) is 1.78. The number of aryl methyl sites for hydroxylation is 1. The molecule has 0 amide bonds. The predicted molar refractivity (Wildman–Crippen MR) is 44.2 cm³/mol. The van der Waals surface area contributed by atoms with Crippen LogP contribution in [0, 0.1) is 6.92 Å². The van der Waals surface area contributed by atoms with Gasteiger partial charge in [-0.1, -0.05) is 0 Å². The Morgan fingerprint density at radius 2 is 2.50 bits per heavy atom. The molecule has 0 unspecified atom stereocenters. The van der Waals surface area contributed by atoms with Gasteiger partial charge in [0.2, 0.25) is 0 Å². The Kier molecular flexibility index (Phi) is 2.40. The standard InChI is InChI=1S/C7H12N2S/c1-5(8)3-7-6(2)9-4-10-7/h4-5H,3,8H2,1-2H3/t5-/m0/s1. The Balaban J connectivity index is 2.65. The van der Waals surface area contributed by atoms with Crippen LogP contribution in [0.5, 0.6) is 0 Å². The van der Waals surface area contributed by atoms with Gasteiger partial charge in [-0.2, -0.15) is 0 Å². The second kappa shape index (κ2) is 3.12. The van der Waals surface area contributed by atoms with E-state index in [9.17, 15) is 0 Å². The molecule has 0 spiro atoms. The fourth-order valence-electron chi connectivity index (χ4n) is 0.815. The lowest BCUT2D eigenvalue weighted by Gasteiger charge is -2.01. The van der Waals surface area contributed by atoms with Gasteiger partial charge >= 0.3 is 0 Å². The molecule has 56 valence electrons. The molecule has 10 heavy (non-hydrogen) atoms. The lowest BCUT2D eigenvalue weighted by molar-refractivity contribution is 0.742. The summed E-state index contributed by atoms with van der Waals surface area (Å²) < 4.78 is 0. The first-order valence-electron chi connectivity index (χ1n) is 3.34. The van der Waals surface area contributed by atoms with E-state index in [0.29, 0.717) is 0 Å². The largest absolute Gasteiger partial charge is 0.328 e. The van der Waals surface area contributed by atoms with Gasteiger partial charge in [0.25, 0.3) is 0 Å². The van der Waals surface area contributed by atoms with Crippen LogP contribution in [-0.4, -0.2) is 11.0 Å². The van der Waals surface area contributed by atoms with Crippen LogP contribution >= 0.6 is 11.3 Å². The van der Waals surface area contributed by atoms with Crippen molar-refractivity contribution in [2.75, 3.05) is 0 Å². The van der Waals surface area contributed by atoms with Crippen LogP contribution in [0.25, 0.3) is 0 Å². The third-order valence-electron chi connectivity index (χ3n) is 1.35. The highest BCUT2D eigenvalue weighted by Gasteiger charge is 2.02. The van der Waals surface area contributed by atoms with Crippen molar-refractivity contribution in [3.05, 3.63) is 16.1 Å². The summed E-state index contributed by atoms with van der Waals surface area (Å²) in [5.41, 5.74) is 8.63. The van der Waals surface area contributed by atoms with Crippen molar-refractivity contribution >= 4 is 11.3 Å². The Morgan fingerprint density at radius 3 is 2.90 bits per heavy atom. The summed E-state index contributed by atoms with van der Waals surface area (Å²) in [4.78, 5) is 5.45. The van der Waals surface area contributed by atoms with Gasteiger partial charge in [-0.3, -0.25) is 0 Å². The maximum atomic E-state index is 5.63. The van der Waals surface area contributed by atoms with Crippen LogP contribution in [0.1, 0.15) is 17.5 Å². The monoisotopic (exact) mass is 156 g/mol. The van der Waals surface area contributed by atoms with Crippen LogP contribution in [0.3, 0.4) is 0 Å². The van der Waals surface area contributed by atoms with Gasteiger partial charge in [0.1, 0.15) is 0 Å². The summed E-state index contributed by atoms with van der Waals surface area (Å²) in [6.45, 7) is 4.04. The Morgan fingerprint density at radius 1 is 1.80 bits per heavy atom. The first kappa shape index (κ1) is 7.69. The normalized spacial score (nSPS) is 13.5. The lowest BCUT2D eigenvalue weighted by atomic mass is 10.2. The Labute approximate surface area is 65.1 Å². The van der Waals surface area contributed by atoms with Gasteiger partial charge in [0.15, 0.2) is 0 Å². The van der Waals surface area contributed by atoms with Crippen LogP contribution < -0.4 is 5.73 Å². The minimum atomic E-state index is 0.249. The quantitative estimate of drug-likeness (QED) is 0.701. The zero-order valence-corrected chi connectivity index (χ0v) is 7.11. The summed E-state index contributed by atoms with van der Waals surface area (Å²) in [7, 11) is 0. The molecule has 1 atom stereocenters. The number of nitrogens with zero attached hydrogens (tertiary/aromatic N) is 1. The molecule has 0 saturated carbocycles. The molecule has 0 saturated heterocycles. The molecule has 2 N–H and O–H groups in total. The van der Waals surface area contributed by atoms with E-state index in [1.54, 1.807) is 11.3 Å². The summed E-state index contributed by atoms with van der Waals surface area (Å²) in [6, 6.07) is 0.249. The predicted octanol–water partition coefficient (Wildman–Crippen LogP) is 1.34. The summed E-state index contributed by atoms with van der Waals surface area (Å²) in [5, 5.41) is 0. The fraction of sp³-hybridized carbons (Fsp3) is 0.571. The topological polar surface area (TPSA) is 38.9 Å². The molecule has 0 aromatic carbocycles. The SMILES string of the molecule is Cc1ncsc1C[C@H](C)N. The van der Waals surface area contributed by atoms with Crippen molar-refractivity contribution in [2.45, 2.75) is 26.3 Å². The number of aromatic nitrogens is 1. The Hall–Kier alpha value is -0.410. The van der Waals surface area contributed by atoms with E-state index >= 15 is 0 Å². The fourth-order valence-corrected chi connectivity index (χ4v) is 1.73. The maximum Gasteiger partial charge on any atom is 0.0797 e. The van der Waals surface area contributed by atoms with Crippen molar-refractivity contribution in [2.24, 2.45) is 5.73 Å². The minimum absolute atomic E-state index is 0.249. The molecule has 0 aliphatic rings. The van der Waals surface area contributed by atoms with Gasteiger partial charge in [-0.25, -0.2) is 4.98 Å². The molecule has 1 heterocycles. The Bertz CT molecular complexity index is 205. The molecule has 1 aromatic heterocycles. The maximum absolute atomic E-state index is 5.63. The van der Waals surface area contributed by atoms with Gasteiger partial charge in [-0.05, 0) is 20.3 Å².